The van der Waals surface area contributed by atoms with E-state index in [1.807, 2.05) is 20.8 Å². The van der Waals surface area contributed by atoms with Gasteiger partial charge in [0, 0.05) is 18.2 Å². The van der Waals surface area contributed by atoms with Crippen LogP contribution in [0.5, 0.6) is 5.75 Å². The van der Waals surface area contributed by atoms with Crippen molar-refractivity contribution in [2.45, 2.75) is 26.8 Å². The van der Waals surface area contributed by atoms with Gasteiger partial charge in [-0.3, -0.25) is 14.9 Å². The van der Waals surface area contributed by atoms with Crippen molar-refractivity contribution in [1.82, 2.24) is 5.32 Å². The highest BCUT2D eigenvalue weighted by molar-refractivity contribution is 5.94. The zero-order valence-electron chi connectivity index (χ0n) is 13.5. The molecule has 1 rings (SSSR count). The van der Waals surface area contributed by atoms with Crippen LogP contribution >= 0.6 is 0 Å². The van der Waals surface area contributed by atoms with Gasteiger partial charge in [0.05, 0.1) is 12.0 Å². The number of benzene rings is 1. The van der Waals surface area contributed by atoms with E-state index >= 15 is 0 Å². The second-order valence-electron chi connectivity index (χ2n) is 5.32. The summed E-state index contributed by atoms with van der Waals surface area (Å²) in [4.78, 5) is 33.9. The van der Waals surface area contributed by atoms with Crippen LogP contribution in [-0.2, 0) is 9.53 Å². The maximum absolute atomic E-state index is 12.0. The molecule has 0 heterocycles. The van der Waals surface area contributed by atoms with E-state index in [1.54, 1.807) is 0 Å². The summed E-state index contributed by atoms with van der Waals surface area (Å²) in [6.45, 7) is 5.27. The van der Waals surface area contributed by atoms with Crippen LogP contribution in [0.15, 0.2) is 18.2 Å². The number of nitrogens with one attached hydrogen (secondary N) is 1. The van der Waals surface area contributed by atoms with Crippen LogP contribution in [0.2, 0.25) is 0 Å². The number of nitrogens with zero attached hydrogens (tertiary/aromatic N) is 1. The van der Waals surface area contributed by atoms with Crippen molar-refractivity contribution in [3.05, 3.63) is 33.9 Å². The van der Waals surface area contributed by atoms with Crippen LogP contribution in [-0.4, -0.2) is 36.6 Å². The Morgan fingerprint density at radius 2 is 1.96 bits per heavy atom. The van der Waals surface area contributed by atoms with Crippen molar-refractivity contribution >= 4 is 17.6 Å². The summed E-state index contributed by atoms with van der Waals surface area (Å²) < 4.78 is 9.87. The van der Waals surface area contributed by atoms with Gasteiger partial charge in [0.15, 0.2) is 6.61 Å². The Kier molecular flexibility index (Phi) is 6.49. The number of nitro benzene ring substituents is 1. The Balaban J connectivity index is 2.76. The molecule has 0 saturated heterocycles. The number of ether oxygens (including phenoxy) is 2. The van der Waals surface area contributed by atoms with Crippen LogP contribution in [0.25, 0.3) is 0 Å². The quantitative estimate of drug-likeness (QED) is 0.466. The first-order valence-corrected chi connectivity index (χ1v) is 7.05. The lowest BCUT2D eigenvalue weighted by molar-refractivity contribution is -0.384. The largest absolute Gasteiger partial charge is 0.496 e. The number of carbonyl (C=O) groups excluding carboxylic acids is 2. The summed E-state index contributed by atoms with van der Waals surface area (Å²) in [6, 6.07) is 3.51. The first-order valence-electron chi connectivity index (χ1n) is 7.05. The fourth-order valence-electron chi connectivity index (χ4n) is 1.64. The smallest absolute Gasteiger partial charge is 0.342 e. The van der Waals surface area contributed by atoms with Crippen LogP contribution < -0.4 is 10.1 Å². The number of hydrogen-bond acceptors (Lipinski definition) is 6. The minimum absolute atomic E-state index is 0.0615. The molecule has 0 aromatic heterocycles. The molecule has 1 N–H and O–H groups in total. The number of amides is 1. The highest BCUT2D eigenvalue weighted by Crippen LogP contribution is 2.24. The van der Waals surface area contributed by atoms with Crippen molar-refractivity contribution in [3.63, 3.8) is 0 Å². The van der Waals surface area contributed by atoms with E-state index in [-0.39, 0.29) is 29.0 Å². The first-order chi connectivity index (χ1) is 10.8. The standard InChI is InChI=1S/C15H20N2O6/c1-9(2)10(3)16-14(18)8-23-15(19)12-7-11(17(20)21)5-6-13(12)22-4/h5-7,9-10H,8H2,1-4H3,(H,16,18). The molecule has 1 aromatic rings. The summed E-state index contributed by atoms with van der Waals surface area (Å²) in [5.41, 5.74) is -0.373. The van der Waals surface area contributed by atoms with Crippen molar-refractivity contribution in [2.75, 3.05) is 13.7 Å². The highest BCUT2D eigenvalue weighted by Gasteiger charge is 2.20. The molecule has 8 heteroatoms. The molecule has 8 nitrogen and oxygen atoms in total. The Hall–Kier alpha value is -2.64. The van der Waals surface area contributed by atoms with E-state index in [1.165, 1.54) is 19.2 Å². The van der Waals surface area contributed by atoms with E-state index in [9.17, 15) is 19.7 Å². The SMILES string of the molecule is COc1ccc([N+](=O)[O-])cc1C(=O)OCC(=O)NC(C)C(C)C. The van der Waals surface area contributed by atoms with Gasteiger partial charge in [0.1, 0.15) is 11.3 Å². The Labute approximate surface area is 133 Å². The van der Waals surface area contributed by atoms with E-state index in [2.05, 4.69) is 5.32 Å². The second-order valence-corrected chi connectivity index (χ2v) is 5.32. The summed E-state index contributed by atoms with van der Waals surface area (Å²) in [6.07, 6.45) is 0. The maximum Gasteiger partial charge on any atom is 0.342 e. The molecule has 0 saturated carbocycles. The van der Waals surface area contributed by atoms with Crippen molar-refractivity contribution in [1.29, 1.82) is 0 Å². The lowest BCUT2D eigenvalue weighted by Gasteiger charge is -2.17. The third-order valence-electron chi connectivity index (χ3n) is 3.34. The predicted molar refractivity (Wildman–Crippen MR) is 82.4 cm³/mol. The third-order valence-corrected chi connectivity index (χ3v) is 3.34. The normalized spacial score (nSPS) is 11.7. The Morgan fingerprint density at radius 1 is 1.30 bits per heavy atom. The molecule has 0 fully saturated rings. The van der Waals surface area contributed by atoms with Gasteiger partial charge in [0.25, 0.3) is 11.6 Å². The van der Waals surface area contributed by atoms with Gasteiger partial charge < -0.3 is 14.8 Å². The molecule has 1 aromatic carbocycles. The molecular formula is C15H20N2O6. The third kappa shape index (κ3) is 5.24. The van der Waals surface area contributed by atoms with Crippen LogP contribution in [0.1, 0.15) is 31.1 Å². The van der Waals surface area contributed by atoms with Gasteiger partial charge >= 0.3 is 5.97 Å². The number of hydrogen-bond donors (Lipinski definition) is 1. The number of rotatable bonds is 7. The number of nitro groups is 1. The average molecular weight is 324 g/mol. The van der Waals surface area contributed by atoms with E-state index < -0.39 is 23.4 Å². The molecule has 23 heavy (non-hydrogen) atoms. The van der Waals surface area contributed by atoms with Crippen molar-refractivity contribution < 1.29 is 24.0 Å². The molecular weight excluding hydrogens is 304 g/mol. The molecule has 0 aliphatic heterocycles. The molecule has 1 unspecified atom stereocenters. The molecule has 1 atom stereocenters. The second kappa shape index (κ2) is 8.11. The molecule has 0 radical (unpaired) electrons. The fourth-order valence-corrected chi connectivity index (χ4v) is 1.64. The molecule has 0 aliphatic carbocycles. The molecule has 0 bridgehead atoms. The number of methoxy groups -OCH3 is 1. The minimum Gasteiger partial charge on any atom is -0.496 e. The lowest BCUT2D eigenvalue weighted by Crippen LogP contribution is -2.38. The number of carbonyl (C=O) groups is 2. The zero-order valence-corrected chi connectivity index (χ0v) is 13.5. The molecule has 1 amide bonds. The van der Waals surface area contributed by atoms with Gasteiger partial charge in [-0.05, 0) is 18.9 Å². The van der Waals surface area contributed by atoms with Crippen LogP contribution in [0.4, 0.5) is 5.69 Å². The molecule has 126 valence electrons. The van der Waals surface area contributed by atoms with Crippen molar-refractivity contribution in [2.24, 2.45) is 5.92 Å². The summed E-state index contributed by atoms with van der Waals surface area (Å²) >= 11 is 0. The van der Waals surface area contributed by atoms with E-state index in [4.69, 9.17) is 9.47 Å². The van der Waals surface area contributed by atoms with Gasteiger partial charge in [-0.1, -0.05) is 13.8 Å². The Morgan fingerprint density at radius 3 is 2.48 bits per heavy atom. The molecule has 0 aliphatic rings. The number of non-ortho nitro benzene ring substituents is 1. The zero-order chi connectivity index (χ0) is 17.6. The average Bonchev–Trinajstić information content (AvgIpc) is 2.51. The van der Waals surface area contributed by atoms with E-state index in [0.29, 0.717) is 0 Å². The topological polar surface area (TPSA) is 108 Å². The first kappa shape index (κ1) is 18.4. The Bertz CT molecular complexity index is 600. The highest BCUT2D eigenvalue weighted by atomic mass is 16.6. The molecule has 0 spiro atoms. The minimum atomic E-state index is -0.863. The summed E-state index contributed by atoms with van der Waals surface area (Å²) in [7, 11) is 1.33. The predicted octanol–water partition coefficient (Wildman–Crippen LogP) is 1.92. The maximum atomic E-state index is 12.0. The van der Waals surface area contributed by atoms with Gasteiger partial charge in [-0.2, -0.15) is 0 Å². The summed E-state index contributed by atoms with van der Waals surface area (Å²) in [5.74, 6) is -0.926. The van der Waals surface area contributed by atoms with Crippen LogP contribution in [0, 0.1) is 16.0 Å². The van der Waals surface area contributed by atoms with E-state index in [0.717, 1.165) is 6.07 Å². The number of esters is 1. The van der Waals surface area contributed by atoms with Gasteiger partial charge in [0.2, 0.25) is 0 Å². The fraction of sp³-hybridized carbons (Fsp3) is 0.467. The van der Waals surface area contributed by atoms with Gasteiger partial charge in [-0.15, -0.1) is 0 Å². The monoisotopic (exact) mass is 324 g/mol. The van der Waals surface area contributed by atoms with Crippen molar-refractivity contribution in [3.8, 4) is 5.75 Å². The summed E-state index contributed by atoms with van der Waals surface area (Å²) in [5, 5.41) is 13.5. The van der Waals surface area contributed by atoms with Gasteiger partial charge in [-0.25, -0.2) is 4.79 Å². The lowest BCUT2D eigenvalue weighted by atomic mass is 10.1. The van der Waals surface area contributed by atoms with Crippen LogP contribution in [0.3, 0.4) is 0 Å².